The average molecular weight is 509 g/mol. The van der Waals surface area contributed by atoms with Crippen LogP contribution in [0.1, 0.15) is 13.8 Å². The molecule has 0 unspecified atom stereocenters. The topological polar surface area (TPSA) is 75.6 Å². The maximum atomic E-state index is 15.2. The van der Waals surface area contributed by atoms with Gasteiger partial charge < -0.3 is 24.6 Å². The molecule has 6 rings (SSSR count). The molecule has 0 saturated carbocycles. The average Bonchev–Trinajstić information content (AvgIpc) is 3.31. The second-order valence-corrected chi connectivity index (χ2v) is 10.6. The van der Waals surface area contributed by atoms with E-state index >= 15 is 4.39 Å². The Morgan fingerprint density at radius 3 is 2.81 bits per heavy atom. The van der Waals surface area contributed by atoms with E-state index in [9.17, 15) is 0 Å². The summed E-state index contributed by atoms with van der Waals surface area (Å²) in [5, 5.41) is 3.94. The van der Waals surface area contributed by atoms with Gasteiger partial charge >= 0.3 is 0 Å². The van der Waals surface area contributed by atoms with Crippen molar-refractivity contribution < 1.29 is 13.9 Å². The number of likely N-dealkylation sites (N-methyl/N-ethyl adjacent to an activating group) is 1. The molecule has 2 aliphatic rings. The summed E-state index contributed by atoms with van der Waals surface area (Å²) in [4.78, 5) is 18.0. The van der Waals surface area contributed by atoms with Crippen LogP contribution in [0.2, 0.25) is 0 Å². The minimum atomic E-state index is -0.341. The highest BCUT2D eigenvalue weighted by molar-refractivity contribution is 7.16. The van der Waals surface area contributed by atoms with E-state index in [1.54, 1.807) is 11.6 Å². The van der Waals surface area contributed by atoms with Crippen LogP contribution in [0.25, 0.3) is 21.1 Å². The molecule has 0 bridgehead atoms. The summed E-state index contributed by atoms with van der Waals surface area (Å²) in [6.45, 7) is 8.52. The summed E-state index contributed by atoms with van der Waals surface area (Å²) in [7, 11) is 2.16. The lowest BCUT2D eigenvalue weighted by Gasteiger charge is -2.39. The Kier molecular flexibility index (Phi) is 6.10. The van der Waals surface area contributed by atoms with Crippen molar-refractivity contribution in [2.24, 2.45) is 5.92 Å². The maximum absolute atomic E-state index is 15.2. The van der Waals surface area contributed by atoms with E-state index in [-0.39, 0.29) is 11.9 Å². The number of nitrogens with one attached hydrogen (secondary N) is 1. The first-order chi connectivity index (χ1) is 17.5. The predicted molar refractivity (Wildman–Crippen MR) is 141 cm³/mol. The summed E-state index contributed by atoms with van der Waals surface area (Å²) < 4.78 is 27.7. The number of aromatic nitrogens is 3. The molecule has 1 N–H and O–H groups in total. The lowest BCUT2D eigenvalue weighted by molar-refractivity contribution is -0.0773. The number of halogens is 1. The van der Waals surface area contributed by atoms with E-state index in [0.717, 1.165) is 36.2 Å². The predicted octanol–water partition coefficient (Wildman–Crippen LogP) is 4.68. The SMILES string of the molecule is C[C@H](Oc1cc(N2CCN(C)[C@H](C)C2)cc2ncnc(Nc3ccc4ncsc4c3F)c12)C1COC1. The second-order valence-electron chi connectivity index (χ2n) is 9.71. The smallest absolute Gasteiger partial charge is 0.166 e. The molecule has 0 amide bonds. The van der Waals surface area contributed by atoms with Gasteiger partial charge in [-0.3, -0.25) is 0 Å². The van der Waals surface area contributed by atoms with Crippen LogP contribution in [-0.2, 0) is 4.74 Å². The van der Waals surface area contributed by atoms with Gasteiger partial charge in [0, 0.05) is 43.3 Å². The minimum absolute atomic E-state index is 0.0399. The van der Waals surface area contributed by atoms with Crippen LogP contribution in [0.4, 0.5) is 21.6 Å². The van der Waals surface area contributed by atoms with Crippen molar-refractivity contribution in [2.75, 3.05) is 50.1 Å². The van der Waals surface area contributed by atoms with E-state index in [1.165, 1.54) is 17.7 Å². The van der Waals surface area contributed by atoms with E-state index in [1.807, 2.05) is 6.07 Å². The summed E-state index contributed by atoms with van der Waals surface area (Å²) in [5.74, 6) is 1.19. The van der Waals surface area contributed by atoms with E-state index in [4.69, 9.17) is 9.47 Å². The molecule has 4 aromatic rings. The Balaban J connectivity index is 1.42. The quantitative estimate of drug-likeness (QED) is 0.403. The molecule has 2 saturated heterocycles. The van der Waals surface area contributed by atoms with Crippen molar-refractivity contribution >= 4 is 49.6 Å². The zero-order valence-electron chi connectivity index (χ0n) is 20.6. The number of thiazole rings is 1. The molecule has 2 atom stereocenters. The lowest BCUT2D eigenvalue weighted by atomic mass is 10.0. The molecule has 2 aromatic heterocycles. The molecule has 188 valence electrons. The van der Waals surface area contributed by atoms with Crippen LogP contribution in [0.15, 0.2) is 36.1 Å². The summed E-state index contributed by atoms with van der Waals surface area (Å²) in [5.41, 5.74) is 4.45. The third kappa shape index (κ3) is 4.23. The van der Waals surface area contributed by atoms with Crippen LogP contribution in [0.5, 0.6) is 5.75 Å². The van der Waals surface area contributed by atoms with E-state index in [2.05, 4.69) is 63.1 Å². The molecule has 2 aliphatic heterocycles. The zero-order chi connectivity index (χ0) is 24.8. The minimum Gasteiger partial charge on any atom is -0.489 e. The molecule has 10 heteroatoms. The van der Waals surface area contributed by atoms with Crippen LogP contribution < -0.4 is 15.0 Å². The maximum Gasteiger partial charge on any atom is 0.166 e. The number of rotatable bonds is 6. The fourth-order valence-electron chi connectivity index (χ4n) is 4.73. The van der Waals surface area contributed by atoms with Crippen LogP contribution in [0, 0.1) is 11.7 Å². The highest BCUT2D eigenvalue weighted by Crippen LogP contribution is 2.38. The number of hydrogen-bond donors (Lipinski definition) is 1. The Morgan fingerprint density at radius 1 is 1.17 bits per heavy atom. The monoisotopic (exact) mass is 508 g/mol. The van der Waals surface area contributed by atoms with Gasteiger partial charge in [0.05, 0.1) is 45.5 Å². The molecular weight excluding hydrogens is 479 g/mol. The number of ether oxygens (including phenoxy) is 2. The fraction of sp³-hybridized carbons (Fsp3) is 0.423. The first-order valence-corrected chi connectivity index (χ1v) is 13.1. The molecule has 0 aliphatic carbocycles. The Bertz CT molecular complexity index is 1410. The Morgan fingerprint density at radius 2 is 2.03 bits per heavy atom. The van der Waals surface area contributed by atoms with E-state index < -0.39 is 0 Å². The van der Waals surface area contributed by atoms with Gasteiger partial charge in [-0.15, -0.1) is 11.3 Å². The number of benzene rings is 2. The van der Waals surface area contributed by atoms with Crippen molar-refractivity contribution in [3.05, 3.63) is 41.9 Å². The normalized spacial score (nSPS) is 20.0. The summed E-state index contributed by atoms with van der Waals surface area (Å²) >= 11 is 1.28. The van der Waals surface area contributed by atoms with Gasteiger partial charge in [0.2, 0.25) is 0 Å². The third-order valence-electron chi connectivity index (χ3n) is 7.34. The number of fused-ring (bicyclic) bond motifs is 2. The number of piperazine rings is 1. The van der Waals surface area contributed by atoms with Gasteiger partial charge in [-0.1, -0.05) is 0 Å². The van der Waals surface area contributed by atoms with Crippen molar-refractivity contribution in [3.63, 3.8) is 0 Å². The second kappa shape index (κ2) is 9.42. The van der Waals surface area contributed by atoms with Crippen molar-refractivity contribution in [3.8, 4) is 5.75 Å². The number of anilines is 3. The standard InChI is InChI=1S/C26H29FN6O2S/c1-15-10-33(7-6-32(15)3)18-8-21-23(22(9-18)35-16(2)17-11-34-12-17)26(29-13-28-21)31-19-4-5-20-25(24(19)27)36-14-30-20/h4-5,8-9,13-17H,6-7,10-12H2,1-3H3,(H,28,29,31)/t15-,16+/m1/s1. The molecule has 2 fully saturated rings. The largest absolute Gasteiger partial charge is 0.489 e. The van der Waals surface area contributed by atoms with Crippen LogP contribution >= 0.6 is 11.3 Å². The van der Waals surface area contributed by atoms with Crippen molar-refractivity contribution in [1.82, 2.24) is 19.9 Å². The van der Waals surface area contributed by atoms with Gasteiger partial charge in [0.1, 0.15) is 24.0 Å². The number of hydrogen-bond acceptors (Lipinski definition) is 9. The first kappa shape index (κ1) is 23.3. The summed E-state index contributed by atoms with van der Waals surface area (Å²) in [6.07, 6.45) is 1.47. The van der Waals surface area contributed by atoms with E-state index in [0.29, 0.717) is 52.6 Å². The lowest BCUT2D eigenvalue weighted by Crippen LogP contribution is -2.50. The molecule has 0 spiro atoms. The molecule has 2 aromatic carbocycles. The highest BCUT2D eigenvalue weighted by Gasteiger charge is 2.29. The van der Waals surface area contributed by atoms with Gasteiger partial charge in [-0.2, -0.15) is 0 Å². The van der Waals surface area contributed by atoms with Gasteiger partial charge in [0.15, 0.2) is 5.82 Å². The van der Waals surface area contributed by atoms with Crippen LogP contribution in [0.3, 0.4) is 0 Å². The first-order valence-electron chi connectivity index (χ1n) is 12.2. The Labute approximate surface area is 213 Å². The molecule has 36 heavy (non-hydrogen) atoms. The molecular formula is C26H29FN6O2S. The highest BCUT2D eigenvalue weighted by atomic mass is 32.1. The van der Waals surface area contributed by atoms with Gasteiger partial charge in [-0.05, 0) is 39.1 Å². The molecule has 0 radical (unpaired) electrons. The van der Waals surface area contributed by atoms with Crippen LogP contribution in [-0.4, -0.2) is 71.9 Å². The molecule has 8 nitrogen and oxygen atoms in total. The van der Waals surface area contributed by atoms with Crippen molar-refractivity contribution in [2.45, 2.75) is 26.0 Å². The van der Waals surface area contributed by atoms with Gasteiger partial charge in [0.25, 0.3) is 0 Å². The van der Waals surface area contributed by atoms with Gasteiger partial charge in [-0.25, -0.2) is 19.3 Å². The third-order valence-corrected chi connectivity index (χ3v) is 8.18. The van der Waals surface area contributed by atoms with Crippen molar-refractivity contribution in [1.29, 1.82) is 0 Å². The Hall–Kier alpha value is -3.08. The zero-order valence-corrected chi connectivity index (χ0v) is 21.4. The number of nitrogens with zero attached hydrogens (tertiary/aromatic N) is 5. The summed E-state index contributed by atoms with van der Waals surface area (Å²) in [6, 6.07) is 8.10. The molecule has 4 heterocycles. The fourth-order valence-corrected chi connectivity index (χ4v) is 5.46.